The summed E-state index contributed by atoms with van der Waals surface area (Å²) in [5, 5.41) is 39.2. The van der Waals surface area contributed by atoms with Crippen LogP contribution in [-0.4, -0.2) is 16.7 Å². The Morgan fingerprint density at radius 1 is 1.00 bits per heavy atom. The standard InChI is InChI=1S/C21H15N5O2/c1-19-16(14-6-3-2-4-7-14)21(13-24,18(25)28-19)20(11-22,12-23)17(27-19)15-8-5-9-26-10-15/h2-10,16-17,25H,1H3/t16-,17+,19+,21+/m0/s1. The van der Waals surface area contributed by atoms with Crippen molar-refractivity contribution in [3.05, 3.63) is 66.0 Å². The van der Waals surface area contributed by atoms with Crippen molar-refractivity contribution < 1.29 is 9.47 Å². The highest BCUT2D eigenvalue weighted by Gasteiger charge is 2.79. The number of aromatic nitrogens is 1. The number of fused-ring (bicyclic) bond motifs is 2. The first-order valence-electron chi connectivity index (χ1n) is 8.63. The summed E-state index contributed by atoms with van der Waals surface area (Å²) in [5.74, 6) is -2.65. The largest absolute Gasteiger partial charge is 0.447 e. The maximum Gasteiger partial charge on any atom is 0.218 e. The first-order chi connectivity index (χ1) is 13.5. The van der Waals surface area contributed by atoms with Gasteiger partial charge in [0, 0.05) is 24.9 Å². The zero-order valence-corrected chi connectivity index (χ0v) is 15.0. The third-order valence-corrected chi connectivity index (χ3v) is 5.64. The van der Waals surface area contributed by atoms with Crippen LogP contribution in [0.5, 0.6) is 0 Å². The molecule has 7 heteroatoms. The van der Waals surface area contributed by atoms with Crippen LogP contribution in [-0.2, 0) is 9.47 Å². The molecule has 0 amide bonds. The van der Waals surface area contributed by atoms with Crippen molar-refractivity contribution in [2.24, 2.45) is 10.8 Å². The third-order valence-electron chi connectivity index (χ3n) is 5.64. The fourth-order valence-electron chi connectivity index (χ4n) is 4.46. The van der Waals surface area contributed by atoms with Crippen molar-refractivity contribution >= 4 is 5.90 Å². The van der Waals surface area contributed by atoms with Crippen LogP contribution >= 0.6 is 0 Å². The van der Waals surface area contributed by atoms with Gasteiger partial charge in [0.05, 0.1) is 24.1 Å². The van der Waals surface area contributed by atoms with Crippen molar-refractivity contribution in [1.82, 2.24) is 4.98 Å². The minimum absolute atomic E-state index is 0.430. The molecule has 0 unspecified atom stereocenters. The van der Waals surface area contributed by atoms with Gasteiger partial charge in [0.1, 0.15) is 6.10 Å². The van der Waals surface area contributed by atoms with Gasteiger partial charge >= 0.3 is 0 Å². The van der Waals surface area contributed by atoms with Crippen LogP contribution in [0.2, 0.25) is 0 Å². The molecule has 4 atom stereocenters. The number of benzene rings is 1. The molecule has 4 rings (SSSR count). The molecule has 28 heavy (non-hydrogen) atoms. The molecule has 0 aliphatic carbocycles. The van der Waals surface area contributed by atoms with Gasteiger partial charge in [-0.2, -0.15) is 15.8 Å². The van der Waals surface area contributed by atoms with E-state index in [1.807, 2.05) is 18.2 Å². The Bertz CT molecular complexity index is 1050. The molecule has 7 nitrogen and oxygen atoms in total. The Labute approximate surface area is 161 Å². The quantitative estimate of drug-likeness (QED) is 0.866. The summed E-state index contributed by atoms with van der Waals surface area (Å²) in [6.07, 6.45) is 1.95. The number of ether oxygens (including phenoxy) is 2. The fourth-order valence-corrected chi connectivity index (χ4v) is 4.46. The molecule has 2 fully saturated rings. The number of hydrogen-bond donors (Lipinski definition) is 1. The van der Waals surface area contributed by atoms with E-state index >= 15 is 0 Å². The lowest BCUT2D eigenvalue weighted by molar-refractivity contribution is -0.253. The molecule has 1 aromatic heterocycles. The van der Waals surface area contributed by atoms with E-state index in [9.17, 15) is 15.8 Å². The van der Waals surface area contributed by atoms with Crippen LogP contribution < -0.4 is 0 Å². The van der Waals surface area contributed by atoms with Gasteiger partial charge < -0.3 is 9.47 Å². The lowest BCUT2D eigenvalue weighted by atomic mass is 9.52. The summed E-state index contributed by atoms with van der Waals surface area (Å²) in [6.45, 7) is 1.64. The monoisotopic (exact) mass is 369 g/mol. The Morgan fingerprint density at radius 2 is 1.68 bits per heavy atom. The topological polar surface area (TPSA) is 127 Å². The van der Waals surface area contributed by atoms with E-state index in [2.05, 4.69) is 11.1 Å². The van der Waals surface area contributed by atoms with E-state index in [0.717, 1.165) is 0 Å². The molecular weight excluding hydrogens is 354 g/mol. The predicted octanol–water partition coefficient (Wildman–Crippen LogP) is 3.20. The molecule has 2 aromatic rings. The highest BCUT2D eigenvalue weighted by atomic mass is 16.7. The van der Waals surface area contributed by atoms with Crippen molar-refractivity contribution in [2.45, 2.75) is 24.7 Å². The maximum absolute atomic E-state index is 10.3. The zero-order chi connectivity index (χ0) is 20.0. The van der Waals surface area contributed by atoms with E-state index in [4.69, 9.17) is 14.9 Å². The molecule has 2 bridgehead atoms. The van der Waals surface area contributed by atoms with Gasteiger partial charge in [-0.1, -0.05) is 36.4 Å². The Hall–Kier alpha value is -3.73. The first-order valence-corrected chi connectivity index (χ1v) is 8.63. The smallest absolute Gasteiger partial charge is 0.218 e. The summed E-state index contributed by atoms with van der Waals surface area (Å²) < 4.78 is 12.0. The molecule has 0 saturated carbocycles. The maximum atomic E-state index is 10.3. The average Bonchev–Trinajstić information content (AvgIpc) is 2.92. The minimum Gasteiger partial charge on any atom is -0.447 e. The fraction of sp³-hybridized carbons (Fsp3) is 0.286. The second kappa shape index (κ2) is 5.89. The molecule has 2 aliphatic rings. The molecule has 1 aromatic carbocycles. The van der Waals surface area contributed by atoms with Crippen LogP contribution in [0.25, 0.3) is 0 Å². The number of nitriles is 3. The SMILES string of the molecule is C[C@@]12OC(=N)[C@@](C#N)([C@H]1c1ccccc1)C(C#N)(C#N)[C@@H](c1cccnc1)O2. The lowest BCUT2D eigenvalue weighted by Gasteiger charge is -2.48. The van der Waals surface area contributed by atoms with Gasteiger partial charge in [-0.25, -0.2) is 0 Å². The highest BCUT2D eigenvalue weighted by molar-refractivity contribution is 5.90. The first kappa shape index (κ1) is 17.7. The van der Waals surface area contributed by atoms with Gasteiger partial charge in [-0.05, 0) is 11.6 Å². The molecular formula is C21H15N5O2. The van der Waals surface area contributed by atoms with Gasteiger partial charge in [0.15, 0.2) is 5.41 Å². The van der Waals surface area contributed by atoms with Crippen molar-refractivity contribution in [3.8, 4) is 18.2 Å². The summed E-state index contributed by atoms with van der Waals surface area (Å²) in [6, 6.07) is 18.5. The summed E-state index contributed by atoms with van der Waals surface area (Å²) in [4.78, 5) is 4.06. The van der Waals surface area contributed by atoms with E-state index in [1.165, 1.54) is 6.20 Å². The lowest BCUT2D eigenvalue weighted by Crippen LogP contribution is -2.57. The van der Waals surface area contributed by atoms with Gasteiger partial charge in [-0.3, -0.25) is 10.4 Å². The summed E-state index contributed by atoms with van der Waals surface area (Å²) in [7, 11) is 0. The van der Waals surface area contributed by atoms with Crippen LogP contribution in [0, 0.1) is 50.2 Å². The zero-order valence-electron chi connectivity index (χ0n) is 15.0. The summed E-state index contributed by atoms with van der Waals surface area (Å²) >= 11 is 0. The number of pyridine rings is 1. The number of nitrogens with zero attached hydrogens (tertiary/aromatic N) is 4. The van der Waals surface area contributed by atoms with E-state index < -0.39 is 34.5 Å². The molecule has 2 saturated heterocycles. The predicted molar refractivity (Wildman–Crippen MR) is 96.2 cm³/mol. The Morgan fingerprint density at radius 3 is 2.25 bits per heavy atom. The van der Waals surface area contributed by atoms with Crippen LogP contribution in [0.3, 0.4) is 0 Å². The molecule has 136 valence electrons. The molecule has 0 radical (unpaired) electrons. The second-order valence-electron chi connectivity index (χ2n) is 7.03. The Kier molecular flexibility index (Phi) is 3.72. The average molecular weight is 369 g/mol. The van der Waals surface area contributed by atoms with E-state index in [0.29, 0.717) is 11.1 Å². The minimum atomic E-state index is -2.00. The van der Waals surface area contributed by atoms with Gasteiger partial charge in [-0.15, -0.1) is 0 Å². The Balaban J connectivity index is 2.05. The highest BCUT2D eigenvalue weighted by Crippen LogP contribution is 2.69. The normalized spacial score (nSPS) is 32.4. The van der Waals surface area contributed by atoms with Crippen molar-refractivity contribution in [2.75, 3.05) is 0 Å². The molecule has 1 N–H and O–H groups in total. The summed E-state index contributed by atoms with van der Waals surface area (Å²) in [5.41, 5.74) is -2.71. The van der Waals surface area contributed by atoms with E-state index in [1.54, 1.807) is 49.5 Å². The van der Waals surface area contributed by atoms with E-state index in [-0.39, 0.29) is 0 Å². The molecule has 2 aliphatic heterocycles. The number of nitrogens with one attached hydrogen (secondary N) is 1. The molecule has 3 heterocycles. The van der Waals surface area contributed by atoms with Crippen molar-refractivity contribution in [1.29, 1.82) is 21.2 Å². The van der Waals surface area contributed by atoms with Crippen LogP contribution in [0.4, 0.5) is 0 Å². The number of hydrogen-bond acceptors (Lipinski definition) is 7. The second-order valence-corrected chi connectivity index (χ2v) is 7.03. The van der Waals surface area contributed by atoms with Gasteiger partial charge in [0.2, 0.25) is 17.1 Å². The van der Waals surface area contributed by atoms with Crippen LogP contribution in [0.15, 0.2) is 54.9 Å². The van der Waals surface area contributed by atoms with Gasteiger partial charge in [0.25, 0.3) is 0 Å². The molecule has 0 spiro atoms. The number of rotatable bonds is 2. The third kappa shape index (κ3) is 1.93. The van der Waals surface area contributed by atoms with Crippen LogP contribution in [0.1, 0.15) is 30.1 Å². The van der Waals surface area contributed by atoms with Crippen molar-refractivity contribution in [3.63, 3.8) is 0 Å².